The first-order valence-corrected chi connectivity index (χ1v) is 6.18. The molecule has 0 amide bonds. The molecule has 0 aromatic heterocycles. The molecule has 0 fully saturated rings. The highest BCUT2D eigenvalue weighted by Crippen LogP contribution is 2.37. The van der Waals surface area contributed by atoms with Crippen molar-refractivity contribution >= 4 is 39.2 Å². The van der Waals surface area contributed by atoms with Gasteiger partial charge in [0.25, 0.3) is 5.54 Å². The van der Waals surface area contributed by atoms with E-state index >= 15 is 0 Å². The Bertz CT molecular complexity index is 619. The molecule has 0 saturated carbocycles. The van der Waals surface area contributed by atoms with Crippen LogP contribution in [0.3, 0.4) is 0 Å². The van der Waals surface area contributed by atoms with Gasteiger partial charge in [0.15, 0.2) is 0 Å². The average Bonchev–Trinajstić information content (AvgIpc) is 2.68. The van der Waals surface area contributed by atoms with Gasteiger partial charge in [-0.2, -0.15) is 0 Å². The van der Waals surface area contributed by atoms with Crippen molar-refractivity contribution in [2.75, 3.05) is 0 Å². The summed E-state index contributed by atoms with van der Waals surface area (Å²) >= 11 is 3.28. The third kappa shape index (κ3) is 2.08. The molecule has 0 bridgehead atoms. The van der Waals surface area contributed by atoms with Gasteiger partial charge in [0.05, 0.1) is 0 Å². The van der Waals surface area contributed by atoms with Crippen molar-refractivity contribution in [3.8, 4) is 0 Å². The molecule has 1 aliphatic heterocycles. The van der Waals surface area contributed by atoms with Crippen LogP contribution < -0.4 is 0 Å². The predicted molar refractivity (Wildman–Crippen MR) is 73.2 cm³/mol. The summed E-state index contributed by atoms with van der Waals surface area (Å²) in [5.41, 5.74) is -1.21. The lowest BCUT2D eigenvalue weighted by molar-refractivity contribution is -0.153. The molecule has 1 aliphatic rings. The molecule has 0 aliphatic carbocycles. The molecule has 0 unspecified atom stereocenters. The van der Waals surface area contributed by atoms with Crippen LogP contribution in [0.5, 0.6) is 0 Å². The summed E-state index contributed by atoms with van der Waals surface area (Å²) in [5.74, 6) is -2.99. The van der Waals surface area contributed by atoms with Gasteiger partial charge in [-0.3, -0.25) is 4.99 Å². The quantitative estimate of drug-likeness (QED) is 0.835. The van der Waals surface area contributed by atoms with Crippen LogP contribution in [-0.2, 0) is 9.59 Å². The van der Waals surface area contributed by atoms with Gasteiger partial charge in [0.2, 0.25) is 0 Å². The molecule has 0 atom stereocenters. The summed E-state index contributed by atoms with van der Waals surface area (Å²) in [5, 5.41) is 18.6. The van der Waals surface area contributed by atoms with Crippen molar-refractivity contribution < 1.29 is 19.8 Å². The van der Waals surface area contributed by atoms with Crippen molar-refractivity contribution in [3.05, 3.63) is 40.4 Å². The first-order chi connectivity index (χ1) is 8.87. The van der Waals surface area contributed by atoms with Crippen LogP contribution in [-0.4, -0.2) is 33.4 Å². The maximum Gasteiger partial charge on any atom is 0.348 e. The Hall–Kier alpha value is -1.95. The number of hydrogen-bond acceptors (Lipinski definition) is 3. The summed E-state index contributed by atoms with van der Waals surface area (Å²) in [6, 6.07) is 6.81. The van der Waals surface area contributed by atoms with Crippen LogP contribution in [0.15, 0.2) is 39.8 Å². The van der Waals surface area contributed by atoms with Crippen LogP contribution in [0.4, 0.5) is 0 Å². The molecule has 1 aromatic rings. The van der Waals surface area contributed by atoms with Crippen LogP contribution >= 0.6 is 15.9 Å². The van der Waals surface area contributed by atoms with E-state index in [0.29, 0.717) is 11.3 Å². The number of carbonyl (C=O) groups is 2. The van der Waals surface area contributed by atoms with Crippen LogP contribution in [0.1, 0.15) is 12.5 Å². The number of allylic oxidation sites excluding steroid dienone is 1. The number of rotatable bonds is 3. The maximum atomic E-state index is 11.4. The molecule has 0 saturated heterocycles. The van der Waals surface area contributed by atoms with Crippen LogP contribution in [0.2, 0.25) is 0 Å². The largest absolute Gasteiger partial charge is 0.479 e. The SMILES string of the molecule is CC1=NC(C(=O)O)(C(=O)O)C(c2cccc(Br)c2)=C1. The lowest BCUT2D eigenvalue weighted by Crippen LogP contribution is -2.44. The van der Waals surface area contributed by atoms with Crippen molar-refractivity contribution in [1.29, 1.82) is 0 Å². The van der Waals surface area contributed by atoms with Gasteiger partial charge in [-0.25, -0.2) is 9.59 Å². The van der Waals surface area contributed by atoms with Gasteiger partial charge >= 0.3 is 11.9 Å². The predicted octanol–water partition coefficient (Wildman–Crippen LogP) is 2.21. The van der Waals surface area contributed by atoms with E-state index < -0.39 is 17.5 Å². The third-order valence-electron chi connectivity index (χ3n) is 2.84. The molecule has 2 N–H and O–H groups in total. The summed E-state index contributed by atoms with van der Waals surface area (Å²) in [4.78, 5) is 26.7. The minimum absolute atomic E-state index is 0.159. The van der Waals surface area contributed by atoms with E-state index in [2.05, 4.69) is 20.9 Å². The number of aliphatic imine (C=N–C) groups is 1. The Morgan fingerprint density at radius 1 is 1.26 bits per heavy atom. The zero-order chi connectivity index (χ0) is 14.2. The Labute approximate surface area is 117 Å². The second-order valence-electron chi connectivity index (χ2n) is 4.14. The maximum absolute atomic E-state index is 11.4. The van der Waals surface area contributed by atoms with Crippen LogP contribution in [0.25, 0.3) is 5.57 Å². The fraction of sp³-hybridized carbons (Fsp3) is 0.154. The Morgan fingerprint density at radius 3 is 2.42 bits per heavy atom. The summed E-state index contributed by atoms with van der Waals surface area (Å²) in [6.45, 7) is 1.58. The number of carboxylic acids is 2. The van der Waals surface area contributed by atoms with E-state index in [0.717, 1.165) is 4.47 Å². The molecule has 2 rings (SSSR count). The van der Waals surface area contributed by atoms with E-state index in [-0.39, 0.29) is 5.57 Å². The molecule has 5 nitrogen and oxygen atoms in total. The third-order valence-corrected chi connectivity index (χ3v) is 3.33. The van der Waals surface area contributed by atoms with Crippen molar-refractivity contribution in [2.45, 2.75) is 12.5 Å². The van der Waals surface area contributed by atoms with E-state index in [9.17, 15) is 19.8 Å². The van der Waals surface area contributed by atoms with E-state index in [1.165, 1.54) is 6.08 Å². The normalized spacial score (nSPS) is 16.7. The fourth-order valence-corrected chi connectivity index (χ4v) is 2.44. The first-order valence-electron chi connectivity index (χ1n) is 5.39. The molecule has 1 heterocycles. The lowest BCUT2D eigenvalue weighted by atomic mass is 9.86. The topological polar surface area (TPSA) is 87.0 Å². The zero-order valence-corrected chi connectivity index (χ0v) is 11.5. The second kappa shape index (κ2) is 4.62. The number of carboxylic acid groups (broad SMARTS) is 2. The molecule has 6 heteroatoms. The second-order valence-corrected chi connectivity index (χ2v) is 5.06. The summed E-state index contributed by atoms with van der Waals surface area (Å²) < 4.78 is 0.736. The van der Waals surface area contributed by atoms with Gasteiger partial charge in [-0.1, -0.05) is 28.1 Å². The zero-order valence-electron chi connectivity index (χ0n) is 9.92. The minimum Gasteiger partial charge on any atom is -0.479 e. The molecule has 98 valence electrons. The van der Waals surface area contributed by atoms with E-state index in [1.54, 1.807) is 31.2 Å². The Balaban J connectivity index is 2.65. The monoisotopic (exact) mass is 323 g/mol. The number of nitrogens with zero attached hydrogens (tertiary/aromatic N) is 1. The van der Waals surface area contributed by atoms with Gasteiger partial charge in [-0.05, 0) is 30.7 Å². The van der Waals surface area contributed by atoms with E-state index in [4.69, 9.17) is 0 Å². The number of halogens is 1. The van der Waals surface area contributed by atoms with Crippen LogP contribution in [0, 0.1) is 0 Å². The highest BCUT2D eigenvalue weighted by molar-refractivity contribution is 9.10. The van der Waals surface area contributed by atoms with Gasteiger partial charge in [0.1, 0.15) is 0 Å². The van der Waals surface area contributed by atoms with Crippen molar-refractivity contribution in [3.63, 3.8) is 0 Å². The number of aliphatic carboxylic acids is 2. The molecule has 19 heavy (non-hydrogen) atoms. The van der Waals surface area contributed by atoms with Gasteiger partial charge < -0.3 is 10.2 Å². The highest BCUT2D eigenvalue weighted by Gasteiger charge is 2.53. The number of benzene rings is 1. The smallest absolute Gasteiger partial charge is 0.348 e. The first kappa shape index (κ1) is 13.5. The van der Waals surface area contributed by atoms with E-state index in [1.807, 2.05) is 0 Å². The number of hydrogen-bond donors (Lipinski definition) is 2. The molecular weight excluding hydrogens is 314 g/mol. The fourth-order valence-electron chi connectivity index (χ4n) is 2.04. The van der Waals surface area contributed by atoms with Gasteiger partial charge in [-0.15, -0.1) is 0 Å². The lowest BCUT2D eigenvalue weighted by Gasteiger charge is -2.20. The standard InChI is InChI=1S/C13H10BrNO4/c1-7-5-10(8-3-2-4-9(14)6-8)13(15-7,11(16)17)12(18)19/h2-6H,1H3,(H,16,17)(H,18,19). The van der Waals surface area contributed by atoms with Crippen molar-refractivity contribution in [2.24, 2.45) is 4.99 Å². The molecular formula is C13H10BrNO4. The minimum atomic E-state index is -2.26. The average molecular weight is 324 g/mol. The molecule has 0 radical (unpaired) electrons. The molecule has 1 aromatic carbocycles. The Morgan fingerprint density at radius 2 is 1.89 bits per heavy atom. The van der Waals surface area contributed by atoms with Crippen molar-refractivity contribution in [1.82, 2.24) is 0 Å². The highest BCUT2D eigenvalue weighted by atomic mass is 79.9. The Kier molecular flexibility index (Phi) is 3.28. The molecule has 0 spiro atoms. The summed E-state index contributed by atoms with van der Waals surface area (Å²) in [6.07, 6.45) is 1.49. The summed E-state index contributed by atoms with van der Waals surface area (Å²) in [7, 11) is 0. The van der Waals surface area contributed by atoms with Gasteiger partial charge in [0, 0.05) is 15.8 Å².